The highest BCUT2D eigenvalue weighted by Crippen LogP contribution is 2.75. The molecule has 4 bridgehead atoms. The van der Waals surface area contributed by atoms with E-state index in [1.807, 2.05) is 0 Å². The van der Waals surface area contributed by atoms with E-state index in [0.717, 1.165) is 24.8 Å². The van der Waals surface area contributed by atoms with Crippen LogP contribution in [0.5, 0.6) is 0 Å². The largest absolute Gasteiger partial charge is 0.461 e. The predicted molar refractivity (Wildman–Crippen MR) is 96.8 cm³/mol. The molecular weight excluding hydrogens is 360 g/mol. The molecule has 9 atom stereocenters. The Morgan fingerprint density at radius 3 is 2.82 bits per heavy atom. The molecule has 3 saturated heterocycles. The average molecular weight is 388 g/mol. The first-order chi connectivity index (χ1) is 13.2. The molecule has 0 aromatic heterocycles. The van der Waals surface area contributed by atoms with E-state index in [2.05, 4.69) is 20.4 Å². The van der Waals surface area contributed by atoms with Crippen LogP contribution in [0.25, 0.3) is 0 Å². The molecule has 0 aromatic rings. The number of ether oxygens (including phenoxy) is 4. The van der Waals surface area contributed by atoms with E-state index in [-0.39, 0.29) is 59.0 Å². The van der Waals surface area contributed by atoms with Crippen molar-refractivity contribution in [3.8, 4) is 0 Å². The third-order valence-electron chi connectivity index (χ3n) is 9.00. The molecule has 3 heterocycles. The van der Waals surface area contributed by atoms with E-state index in [4.69, 9.17) is 18.9 Å². The topological polar surface area (TPSA) is 71.1 Å². The summed E-state index contributed by atoms with van der Waals surface area (Å²) in [6, 6.07) is 0. The molecule has 0 radical (unpaired) electrons. The maximum absolute atomic E-state index is 13.6. The first kappa shape index (κ1) is 17.5. The quantitative estimate of drug-likeness (QED) is 0.508. The summed E-state index contributed by atoms with van der Waals surface area (Å²) in [6.07, 6.45) is 2.19. The lowest BCUT2D eigenvalue weighted by molar-refractivity contribution is -0.312. The summed E-state index contributed by atoms with van der Waals surface area (Å²) in [5.41, 5.74) is -0.269. The van der Waals surface area contributed by atoms with Crippen molar-refractivity contribution in [1.82, 2.24) is 0 Å². The summed E-state index contributed by atoms with van der Waals surface area (Å²) < 4.78 is 24.8. The van der Waals surface area contributed by atoms with Crippen LogP contribution in [0.15, 0.2) is 12.2 Å². The van der Waals surface area contributed by atoms with Gasteiger partial charge in [0.15, 0.2) is 6.29 Å². The highest BCUT2D eigenvalue weighted by atomic mass is 16.7. The van der Waals surface area contributed by atoms with Crippen molar-refractivity contribution in [3.05, 3.63) is 12.2 Å². The van der Waals surface area contributed by atoms with Crippen LogP contribution in [-0.4, -0.2) is 43.1 Å². The van der Waals surface area contributed by atoms with E-state index in [1.54, 1.807) is 0 Å². The van der Waals surface area contributed by atoms with Crippen LogP contribution >= 0.6 is 0 Å². The maximum atomic E-state index is 13.6. The zero-order valence-electron chi connectivity index (χ0n) is 16.7. The Bertz CT molecular complexity index is 803. The van der Waals surface area contributed by atoms with Gasteiger partial charge in [-0.3, -0.25) is 9.59 Å². The van der Waals surface area contributed by atoms with E-state index < -0.39 is 11.5 Å². The van der Waals surface area contributed by atoms with Crippen molar-refractivity contribution in [2.24, 2.45) is 34.0 Å². The summed E-state index contributed by atoms with van der Waals surface area (Å²) in [5, 5.41) is 0. The van der Waals surface area contributed by atoms with Crippen LogP contribution in [0.2, 0.25) is 0 Å². The standard InChI is InChI=1S/C22H28O6/c1-10-12-7-13-15-21(8-12,17(10)26-11(2)23)19(24)28-14-5-6-20(3,4)16-18(27-13)25-9-22(14,15)16/h12-18H,1,5-9H2,2-4H3/t12-,13-,14+,15-,16-,17-,18+,21+,22+/m1/s1. The van der Waals surface area contributed by atoms with Gasteiger partial charge in [0.2, 0.25) is 0 Å². The van der Waals surface area contributed by atoms with Gasteiger partial charge in [0, 0.05) is 24.2 Å². The molecule has 3 aliphatic heterocycles. The molecule has 0 unspecified atom stereocenters. The number of hydrogen-bond acceptors (Lipinski definition) is 6. The summed E-state index contributed by atoms with van der Waals surface area (Å²) in [5.74, 6) is -0.378. The fraction of sp³-hybridized carbons (Fsp3) is 0.818. The Hall–Kier alpha value is -1.40. The molecule has 2 spiro atoms. The minimum Gasteiger partial charge on any atom is -0.461 e. The molecule has 0 aromatic carbocycles. The number of carbonyl (C=O) groups is 2. The van der Waals surface area contributed by atoms with E-state index in [9.17, 15) is 9.59 Å². The Morgan fingerprint density at radius 2 is 2.07 bits per heavy atom. The van der Waals surface area contributed by atoms with E-state index in [1.165, 1.54) is 6.92 Å². The predicted octanol–water partition coefficient (Wildman–Crippen LogP) is 2.60. The smallest absolute Gasteiger partial charge is 0.316 e. The Morgan fingerprint density at radius 1 is 1.29 bits per heavy atom. The lowest BCUT2D eigenvalue weighted by Crippen LogP contribution is -2.73. The molecule has 6 nitrogen and oxygen atoms in total. The molecule has 3 saturated carbocycles. The van der Waals surface area contributed by atoms with Gasteiger partial charge >= 0.3 is 11.9 Å². The van der Waals surface area contributed by atoms with Crippen molar-refractivity contribution < 1.29 is 28.5 Å². The van der Waals surface area contributed by atoms with Crippen molar-refractivity contribution in [2.45, 2.75) is 71.1 Å². The second-order valence-electron chi connectivity index (χ2n) is 10.6. The van der Waals surface area contributed by atoms with Crippen LogP contribution < -0.4 is 0 Å². The van der Waals surface area contributed by atoms with Gasteiger partial charge in [0.05, 0.1) is 12.7 Å². The van der Waals surface area contributed by atoms with Gasteiger partial charge in [0.25, 0.3) is 0 Å². The van der Waals surface area contributed by atoms with Crippen molar-refractivity contribution in [2.75, 3.05) is 6.61 Å². The summed E-state index contributed by atoms with van der Waals surface area (Å²) in [4.78, 5) is 25.5. The van der Waals surface area contributed by atoms with Crippen LogP contribution in [-0.2, 0) is 28.5 Å². The fourth-order valence-corrected chi connectivity index (χ4v) is 8.25. The van der Waals surface area contributed by atoms with Crippen molar-refractivity contribution >= 4 is 11.9 Å². The third-order valence-corrected chi connectivity index (χ3v) is 9.00. The number of hydrogen-bond donors (Lipinski definition) is 0. The molecule has 6 fully saturated rings. The molecule has 6 aliphatic rings. The number of esters is 2. The van der Waals surface area contributed by atoms with Crippen LogP contribution in [0.4, 0.5) is 0 Å². The minimum atomic E-state index is -0.892. The molecule has 0 amide bonds. The fourth-order valence-electron chi connectivity index (χ4n) is 8.25. The molecule has 152 valence electrons. The Labute approximate surface area is 164 Å². The van der Waals surface area contributed by atoms with Gasteiger partial charge in [-0.1, -0.05) is 20.4 Å². The summed E-state index contributed by atoms with van der Waals surface area (Å²) >= 11 is 0. The van der Waals surface area contributed by atoms with Gasteiger partial charge in [-0.25, -0.2) is 0 Å². The van der Waals surface area contributed by atoms with Gasteiger partial charge in [-0.2, -0.15) is 0 Å². The number of fused-ring (bicyclic) bond motifs is 1. The molecule has 0 N–H and O–H groups in total. The molecular formula is C22H28O6. The monoisotopic (exact) mass is 388 g/mol. The zero-order chi connectivity index (χ0) is 19.6. The van der Waals surface area contributed by atoms with Gasteiger partial charge < -0.3 is 18.9 Å². The lowest BCUT2D eigenvalue weighted by atomic mass is 9.42. The highest BCUT2D eigenvalue weighted by molar-refractivity contribution is 5.83. The average Bonchev–Trinajstić information content (AvgIpc) is 3.02. The molecule has 6 rings (SSSR count). The van der Waals surface area contributed by atoms with Crippen LogP contribution in [0, 0.1) is 34.0 Å². The van der Waals surface area contributed by atoms with E-state index in [0.29, 0.717) is 13.0 Å². The van der Waals surface area contributed by atoms with Crippen LogP contribution in [0.1, 0.15) is 46.5 Å². The van der Waals surface area contributed by atoms with Gasteiger partial charge in [-0.05, 0) is 42.6 Å². The van der Waals surface area contributed by atoms with Crippen LogP contribution in [0.3, 0.4) is 0 Å². The van der Waals surface area contributed by atoms with Gasteiger partial charge in [-0.15, -0.1) is 0 Å². The zero-order valence-corrected chi connectivity index (χ0v) is 16.7. The number of rotatable bonds is 1. The first-order valence-corrected chi connectivity index (χ1v) is 10.6. The second-order valence-corrected chi connectivity index (χ2v) is 10.6. The molecule has 28 heavy (non-hydrogen) atoms. The highest BCUT2D eigenvalue weighted by Gasteiger charge is 2.82. The normalized spacial score (nSPS) is 54.8. The summed E-state index contributed by atoms with van der Waals surface area (Å²) in [6.45, 7) is 10.8. The SMILES string of the molecule is C=C1[C@@H]2C[C@H]3O[C@@H]4OC[C@@]56[C@H](CCC(C)(C)[C@@H]45)OC(=O)[C@](C2)([C@@H]1OC(C)=O)[C@@H]36. The van der Waals surface area contributed by atoms with Crippen molar-refractivity contribution in [1.29, 1.82) is 0 Å². The number of carbonyl (C=O) groups excluding carboxylic acids is 2. The Balaban J connectivity index is 1.58. The minimum absolute atomic E-state index is 0.0387. The van der Waals surface area contributed by atoms with E-state index >= 15 is 0 Å². The third kappa shape index (κ3) is 1.71. The maximum Gasteiger partial charge on any atom is 0.316 e. The second kappa shape index (κ2) is 5.01. The lowest BCUT2D eigenvalue weighted by Gasteiger charge is -2.66. The molecule has 3 aliphatic carbocycles. The van der Waals surface area contributed by atoms with Gasteiger partial charge in [0.1, 0.15) is 17.6 Å². The summed E-state index contributed by atoms with van der Waals surface area (Å²) in [7, 11) is 0. The molecule has 6 heteroatoms. The van der Waals surface area contributed by atoms with Crippen molar-refractivity contribution in [3.63, 3.8) is 0 Å². The Kier molecular flexibility index (Phi) is 3.12. The first-order valence-electron chi connectivity index (χ1n) is 10.6.